The van der Waals surface area contributed by atoms with Crippen LogP contribution in [0.5, 0.6) is 5.75 Å². The van der Waals surface area contributed by atoms with E-state index in [4.69, 9.17) is 16.3 Å². The highest BCUT2D eigenvalue weighted by molar-refractivity contribution is 6.32. The van der Waals surface area contributed by atoms with E-state index in [-0.39, 0.29) is 0 Å². The van der Waals surface area contributed by atoms with Crippen LogP contribution in [0.4, 0.5) is 0 Å². The number of unbranched alkanes of at least 4 members (excludes halogenated alkanes) is 1. The van der Waals surface area contributed by atoms with Crippen LogP contribution in [0.25, 0.3) is 0 Å². The average Bonchev–Trinajstić information content (AvgIpc) is 2.47. The van der Waals surface area contributed by atoms with E-state index in [0.717, 1.165) is 18.8 Å². The van der Waals surface area contributed by atoms with Crippen LogP contribution in [-0.4, -0.2) is 13.7 Å². The van der Waals surface area contributed by atoms with Crippen LogP contribution >= 0.6 is 11.6 Å². The van der Waals surface area contributed by atoms with Crippen molar-refractivity contribution in [3.05, 3.63) is 28.8 Å². The molecule has 1 aromatic rings. The molecule has 1 rings (SSSR count). The third-order valence-electron chi connectivity index (χ3n) is 3.91. The Labute approximate surface area is 128 Å². The molecule has 0 spiro atoms. The minimum Gasteiger partial charge on any atom is -0.492 e. The molecular weight excluding hydrogens is 270 g/mol. The molecule has 3 heteroatoms. The first-order chi connectivity index (χ1) is 9.62. The molecule has 20 heavy (non-hydrogen) atoms. The van der Waals surface area contributed by atoms with Crippen LogP contribution in [0.2, 0.25) is 5.02 Å². The predicted octanol–water partition coefficient (Wildman–Crippen LogP) is 5.22. The second-order valence-corrected chi connectivity index (χ2v) is 5.83. The van der Waals surface area contributed by atoms with Crippen LogP contribution < -0.4 is 10.1 Å². The van der Waals surface area contributed by atoms with Gasteiger partial charge in [0.25, 0.3) is 0 Å². The lowest BCUT2D eigenvalue weighted by Gasteiger charge is -2.17. The minimum atomic E-state index is 0.300. The molecule has 0 fully saturated rings. The van der Waals surface area contributed by atoms with Crippen molar-refractivity contribution in [3.8, 4) is 5.75 Å². The quantitative estimate of drug-likeness (QED) is 0.675. The second kappa shape index (κ2) is 9.25. The van der Waals surface area contributed by atoms with Crippen molar-refractivity contribution >= 4 is 11.6 Å². The number of ether oxygens (including phenoxy) is 1. The number of benzene rings is 1. The SMILES string of the molecule is CCCCC(CC)COc1ccc(C(C)NC)cc1Cl. The Morgan fingerprint density at radius 3 is 2.60 bits per heavy atom. The number of halogens is 1. The van der Waals surface area contributed by atoms with Gasteiger partial charge in [-0.1, -0.05) is 50.8 Å². The van der Waals surface area contributed by atoms with Crippen molar-refractivity contribution in [3.63, 3.8) is 0 Å². The Morgan fingerprint density at radius 2 is 2.05 bits per heavy atom. The first-order valence-corrected chi connectivity index (χ1v) is 8.09. The maximum Gasteiger partial charge on any atom is 0.137 e. The molecule has 0 saturated heterocycles. The maximum absolute atomic E-state index is 6.31. The van der Waals surface area contributed by atoms with Crippen molar-refractivity contribution in [2.45, 2.75) is 52.5 Å². The zero-order valence-electron chi connectivity index (χ0n) is 13.2. The molecule has 0 amide bonds. The molecule has 0 aromatic heterocycles. The largest absolute Gasteiger partial charge is 0.492 e. The van der Waals surface area contributed by atoms with Gasteiger partial charge in [0, 0.05) is 6.04 Å². The molecule has 0 saturated carbocycles. The summed E-state index contributed by atoms with van der Waals surface area (Å²) >= 11 is 6.31. The van der Waals surface area contributed by atoms with E-state index in [1.54, 1.807) is 0 Å². The Bertz CT molecular complexity index is 395. The molecule has 114 valence electrons. The molecule has 2 unspecified atom stereocenters. The van der Waals surface area contributed by atoms with E-state index in [1.807, 2.05) is 19.2 Å². The lowest BCUT2D eigenvalue weighted by atomic mass is 10.0. The highest BCUT2D eigenvalue weighted by Gasteiger charge is 2.10. The second-order valence-electron chi connectivity index (χ2n) is 5.43. The molecule has 0 bridgehead atoms. The van der Waals surface area contributed by atoms with Crippen molar-refractivity contribution in [1.82, 2.24) is 5.32 Å². The van der Waals surface area contributed by atoms with Gasteiger partial charge in [-0.25, -0.2) is 0 Å². The summed E-state index contributed by atoms with van der Waals surface area (Å²) in [7, 11) is 1.95. The minimum absolute atomic E-state index is 0.300. The summed E-state index contributed by atoms with van der Waals surface area (Å²) in [5.74, 6) is 1.43. The predicted molar refractivity (Wildman–Crippen MR) is 87.7 cm³/mol. The van der Waals surface area contributed by atoms with E-state index in [9.17, 15) is 0 Å². The maximum atomic E-state index is 6.31. The van der Waals surface area contributed by atoms with Crippen molar-refractivity contribution in [2.24, 2.45) is 5.92 Å². The van der Waals surface area contributed by atoms with Crippen molar-refractivity contribution < 1.29 is 4.74 Å². The van der Waals surface area contributed by atoms with Crippen molar-refractivity contribution in [2.75, 3.05) is 13.7 Å². The van der Waals surface area contributed by atoms with Gasteiger partial charge in [0.05, 0.1) is 11.6 Å². The molecule has 2 nitrogen and oxygen atoms in total. The number of nitrogens with one attached hydrogen (secondary N) is 1. The fourth-order valence-corrected chi connectivity index (χ4v) is 2.42. The van der Waals surface area contributed by atoms with E-state index < -0.39 is 0 Å². The molecule has 0 aliphatic rings. The average molecular weight is 298 g/mol. The molecule has 1 aromatic carbocycles. The van der Waals surface area contributed by atoms with Gasteiger partial charge >= 0.3 is 0 Å². The van der Waals surface area contributed by atoms with Gasteiger partial charge in [-0.2, -0.15) is 0 Å². The number of hydrogen-bond acceptors (Lipinski definition) is 2. The van der Waals surface area contributed by atoms with E-state index in [2.05, 4.69) is 32.2 Å². The third kappa shape index (κ3) is 5.34. The van der Waals surface area contributed by atoms with Crippen LogP contribution in [-0.2, 0) is 0 Å². The molecular formula is C17H28ClNO. The normalized spacial score (nSPS) is 14.1. The van der Waals surface area contributed by atoms with Crippen LogP contribution in [0.15, 0.2) is 18.2 Å². The smallest absolute Gasteiger partial charge is 0.137 e. The lowest BCUT2D eigenvalue weighted by molar-refractivity contribution is 0.233. The molecule has 0 radical (unpaired) electrons. The van der Waals surface area contributed by atoms with Gasteiger partial charge in [-0.3, -0.25) is 0 Å². The first kappa shape index (κ1) is 17.3. The fourth-order valence-electron chi connectivity index (χ4n) is 2.18. The third-order valence-corrected chi connectivity index (χ3v) is 4.20. The van der Waals surface area contributed by atoms with E-state index in [0.29, 0.717) is 17.0 Å². The Morgan fingerprint density at radius 1 is 1.30 bits per heavy atom. The highest BCUT2D eigenvalue weighted by atomic mass is 35.5. The molecule has 0 heterocycles. The van der Waals surface area contributed by atoms with Gasteiger partial charge in [-0.05, 0) is 44.0 Å². The fraction of sp³-hybridized carbons (Fsp3) is 0.647. The molecule has 0 aliphatic heterocycles. The van der Waals surface area contributed by atoms with Crippen LogP contribution in [0.1, 0.15) is 58.1 Å². The van der Waals surface area contributed by atoms with Crippen molar-refractivity contribution in [1.29, 1.82) is 0 Å². The Balaban J connectivity index is 2.59. The van der Waals surface area contributed by atoms with Gasteiger partial charge in [0.2, 0.25) is 0 Å². The zero-order valence-corrected chi connectivity index (χ0v) is 14.0. The van der Waals surface area contributed by atoms with E-state index >= 15 is 0 Å². The van der Waals surface area contributed by atoms with Gasteiger partial charge in [-0.15, -0.1) is 0 Å². The van der Waals surface area contributed by atoms with Gasteiger partial charge < -0.3 is 10.1 Å². The lowest BCUT2D eigenvalue weighted by Crippen LogP contribution is -2.13. The summed E-state index contributed by atoms with van der Waals surface area (Å²) < 4.78 is 5.90. The topological polar surface area (TPSA) is 21.3 Å². The summed E-state index contributed by atoms with van der Waals surface area (Å²) in [5.41, 5.74) is 1.18. The summed E-state index contributed by atoms with van der Waals surface area (Å²) in [6, 6.07) is 6.35. The summed E-state index contributed by atoms with van der Waals surface area (Å²) in [6.45, 7) is 7.33. The van der Waals surface area contributed by atoms with Crippen LogP contribution in [0, 0.1) is 5.92 Å². The molecule has 0 aliphatic carbocycles. The standard InChI is InChI=1S/C17H28ClNO/c1-5-7-8-14(6-2)12-20-17-10-9-15(11-16(17)18)13(3)19-4/h9-11,13-14,19H,5-8,12H2,1-4H3. The zero-order chi connectivity index (χ0) is 15.0. The van der Waals surface area contributed by atoms with Gasteiger partial charge in [0.15, 0.2) is 0 Å². The Hall–Kier alpha value is -0.730. The van der Waals surface area contributed by atoms with Crippen LogP contribution in [0.3, 0.4) is 0 Å². The number of rotatable bonds is 9. The monoisotopic (exact) mass is 297 g/mol. The molecule has 1 N–H and O–H groups in total. The number of hydrogen-bond donors (Lipinski definition) is 1. The Kier molecular flexibility index (Phi) is 8.01. The summed E-state index contributed by atoms with van der Waals surface area (Å²) in [5, 5.41) is 3.91. The van der Waals surface area contributed by atoms with E-state index in [1.165, 1.54) is 24.8 Å². The molecule has 2 atom stereocenters. The summed E-state index contributed by atoms with van der Waals surface area (Å²) in [4.78, 5) is 0. The summed E-state index contributed by atoms with van der Waals surface area (Å²) in [6.07, 6.45) is 4.91. The van der Waals surface area contributed by atoms with Gasteiger partial charge in [0.1, 0.15) is 5.75 Å². The first-order valence-electron chi connectivity index (χ1n) is 7.71. The highest BCUT2D eigenvalue weighted by Crippen LogP contribution is 2.28.